The Morgan fingerprint density at radius 3 is 2.62 bits per heavy atom. The van der Waals surface area contributed by atoms with Gasteiger partial charge in [0.05, 0.1) is 17.0 Å². The van der Waals surface area contributed by atoms with Crippen LogP contribution in [0, 0.1) is 6.92 Å². The molecule has 24 heavy (non-hydrogen) atoms. The Labute approximate surface area is 142 Å². The van der Waals surface area contributed by atoms with Crippen LogP contribution < -0.4 is 10.9 Å². The number of hydrogen-bond acceptors (Lipinski definition) is 5. The number of rotatable bonds is 4. The number of nitrogens with zero attached hydrogens (tertiary/aromatic N) is 1. The lowest BCUT2D eigenvalue weighted by Gasteiger charge is -2.06. The van der Waals surface area contributed by atoms with E-state index in [1.807, 2.05) is 23.6 Å². The van der Waals surface area contributed by atoms with Crippen LogP contribution in [0.15, 0.2) is 52.3 Å². The van der Waals surface area contributed by atoms with Gasteiger partial charge < -0.3 is 4.42 Å². The first-order valence-electron chi connectivity index (χ1n) is 7.28. The molecule has 2 N–H and O–H groups in total. The van der Waals surface area contributed by atoms with Crippen molar-refractivity contribution >= 4 is 23.2 Å². The zero-order chi connectivity index (χ0) is 16.9. The number of hydrazine groups is 1. The minimum atomic E-state index is -0.375. The number of oxazole rings is 1. The molecule has 1 aromatic carbocycles. The van der Waals surface area contributed by atoms with E-state index in [0.29, 0.717) is 22.9 Å². The van der Waals surface area contributed by atoms with Crippen LogP contribution in [0.4, 0.5) is 0 Å². The summed E-state index contributed by atoms with van der Waals surface area (Å²) in [5.74, 6) is 0.343. The van der Waals surface area contributed by atoms with Crippen LogP contribution in [0.2, 0.25) is 0 Å². The van der Waals surface area contributed by atoms with Gasteiger partial charge in [0, 0.05) is 5.56 Å². The smallest absolute Gasteiger partial charge is 0.269 e. The Hall–Kier alpha value is -2.93. The molecule has 0 saturated carbocycles. The number of carbonyl (C=O) groups is 2. The summed E-state index contributed by atoms with van der Waals surface area (Å²) in [6, 6.07) is 12.5. The minimum Gasteiger partial charge on any atom is -0.440 e. The third-order valence-electron chi connectivity index (χ3n) is 3.30. The van der Waals surface area contributed by atoms with Gasteiger partial charge in [-0.3, -0.25) is 20.4 Å². The van der Waals surface area contributed by atoms with E-state index in [9.17, 15) is 9.59 Å². The standard InChI is InChI=1S/C17H15N3O3S/c1-11-13(18-17(23-11)14-8-5-9-24-14)10-15(21)19-20-16(22)12-6-3-2-4-7-12/h2-9H,10H2,1H3,(H,19,21)(H,20,22). The van der Waals surface area contributed by atoms with Gasteiger partial charge in [0.15, 0.2) is 0 Å². The van der Waals surface area contributed by atoms with E-state index in [1.165, 1.54) is 11.3 Å². The molecule has 0 atom stereocenters. The van der Waals surface area contributed by atoms with Crippen LogP contribution in [-0.2, 0) is 11.2 Å². The van der Waals surface area contributed by atoms with Gasteiger partial charge >= 0.3 is 0 Å². The van der Waals surface area contributed by atoms with Crippen LogP contribution in [0.5, 0.6) is 0 Å². The summed E-state index contributed by atoms with van der Waals surface area (Å²) in [6.45, 7) is 1.76. The predicted molar refractivity (Wildman–Crippen MR) is 90.3 cm³/mol. The van der Waals surface area contributed by atoms with E-state index in [-0.39, 0.29) is 18.2 Å². The molecule has 2 heterocycles. The molecule has 0 radical (unpaired) electrons. The first-order valence-corrected chi connectivity index (χ1v) is 8.16. The molecular formula is C17H15N3O3S. The maximum absolute atomic E-state index is 12.0. The molecule has 6 nitrogen and oxygen atoms in total. The van der Waals surface area contributed by atoms with E-state index in [1.54, 1.807) is 31.2 Å². The SMILES string of the molecule is Cc1oc(-c2cccs2)nc1CC(=O)NNC(=O)c1ccccc1. The highest BCUT2D eigenvalue weighted by atomic mass is 32.1. The van der Waals surface area contributed by atoms with Gasteiger partial charge in [-0.15, -0.1) is 11.3 Å². The quantitative estimate of drug-likeness (QED) is 0.715. The molecule has 3 aromatic rings. The number of aromatic nitrogens is 1. The molecule has 0 aliphatic heterocycles. The normalized spacial score (nSPS) is 10.4. The van der Waals surface area contributed by atoms with Gasteiger partial charge in [0.1, 0.15) is 5.76 Å². The van der Waals surface area contributed by atoms with Gasteiger partial charge in [0.2, 0.25) is 11.8 Å². The number of aryl methyl sites for hydroxylation is 1. The fraction of sp³-hybridized carbons (Fsp3) is 0.118. The molecular weight excluding hydrogens is 326 g/mol. The Balaban J connectivity index is 1.58. The lowest BCUT2D eigenvalue weighted by Crippen LogP contribution is -2.42. The van der Waals surface area contributed by atoms with Crippen molar-refractivity contribution in [3.05, 3.63) is 64.9 Å². The average Bonchev–Trinajstić information content (AvgIpc) is 3.24. The highest BCUT2D eigenvalue weighted by Gasteiger charge is 2.15. The zero-order valence-electron chi connectivity index (χ0n) is 12.9. The lowest BCUT2D eigenvalue weighted by atomic mass is 10.2. The number of thiophene rings is 1. The Morgan fingerprint density at radius 1 is 1.12 bits per heavy atom. The van der Waals surface area contributed by atoms with Crippen molar-refractivity contribution in [2.24, 2.45) is 0 Å². The Morgan fingerprint density at radius 2 is 1.92 bits per heavy atom. The van der Waals surface area contributed by atoms with Crippen LogP contribution >= 0.6 is 11.3 Å². The first-order chi connectivity index (χ1) is 11.6. The number of amides is 2. The summed E-state index contributed by atoms with van der Waals surface area (Å²) in [6.07, 6.45) is 0.0236. The molecule has 3 rings (SSSR count). The summed E-state index contributed by atoms with van der Waals surface area (Å²) in [4.78, 5) is 29.1. The number of hydrogen-bond donors (Lipinski definition) is 2. The molecule has 0 bridgehead atoms. The Kier molecular flexibility index (Phi) is 4.72. The van der Waals surface area contributed by atoms with Crippen LogP contribution in [-0.4, -0.2) is 16.8 Å². The summed E-state index contributed by atoms with van der Waals surface area (Å²) in [5, 5.41) is 1.93. The Bertz CT molecular complexity index is 841. The predicted octanol–water partition coefficient (Wildman–Crippen LogP) is 2.72. The topological polar surface area (TPSA) is 84.2 Å². The van der Waals surface area contributed by atoms with E-state index >= 15 is 0 Å². The van der Waals surface area contributed by atoms with Crippen molar-refractivity contribution in [1.29, 1.82) is 0 Å². The fourth-order valence-corrected chi connectivity index (χ4v) is 2.73. The summed E-state index contributed by atoms with van der Waals surface area (Å²) in [5.41, 5.74) is 5.78. The van der Waals surface area contributed by atoms with Crippen LogP contribution in [0.25, 0.3) is 10.8 Å². The molecule has 0 saturated heterocycles. The zero-order valence-corrected chi connectivity index (χ0v) is 13.7. The second-order valence-corrected chi connectivity index (χ2v) is 5.99. The monoisotopic (exact) mass is 341 g/mol. The summed E-state index contributed by atoms with van der Waals surface area (Å²) in [7, 11) is 0. The van der Waals surface area contributed by atoms with Gasteiger partial charge in [-0.05, 0) is 30.5 Å². The van der Waals surface area contributed by atoms with E-state index in [4.69, 9.17) is 4.42 Å². The van der Waals surface area contributed by atoms with Crippen molar-refractivity contribution in [2.75, 3.05) is 0 Å². The molecule has 0 fully saturated rings. The number of carbonyl (C=O) groups excluding carboxylic acids is 2. The first kappa shape index (κ1) is 15.9. The molecule has 0 spiro atoms. The van der Waals surface area contributed by atoms with Crippen molar-refractivity contribution in [3.63, 3.8) is 0 Å². The highest BCUT2D eigenvalue weighted by molar-refractivity contribution is 7.13. The molecule has 7 heteroatoms. The van der Waals surface area contributed by atoms with Gasteiger partial charge in [-0.2, -0.15) is 0 Å². The van der Waals surface area contributed by atoms with E-state index in [2.05, 4.69) is 15.8 Å². The van der Waals surface area contributed by atoms with Crippen LogP contribution in [0.3, 0.4) is 0 Å². The van der Waals surface area contributed by atoms with E-state index in [0.717, 1.165) is 4.88 Å². The van der Waals surface area contributed by atoms with Crippen molar-refractivity contribution < 1.29 is 14.0 Å². The highest BCUT2D eigenvalue weighted by Crippen LogP contribution is 2.25. The fourth-order valence-electron chi connectivity index (χ4n) is 2.08. The third-order valence-corrected chi connectivity index (χ3v) is 4.16. The summed E-state index contributed by atoms with van der Waals surface area (Å²) < 4.78 is 5.59. The maximum Gasteiger partial charge on any atom is 0.269 e. The van der Waals surface area contributed by atoms with Gasteiger partial charge in [-0.1, -0.05) is 24.3 Å². The van der Waals surface area contributed by atoms with Crippen molar-refractivity contribution in [1.82, 2.24) is 15.8 Å². The maximum atomic E-state index is 12.0. The van der Waals surface area contributed by atoms with Crippen LogP contribution in [0.1, 0.15) is 21.8 Å². The van der Waals surface area contributed by atoms with Gasteiger partial charge in [0.25, 0.3) is 5.91 Å². The average molecular weight is 341 g/mol. The molecule has 0 aliphatic carbocycles. The second kappa shape index (κ2) is 7.10. The van der Waals surface area contributed by atoms with Crippen molar-refractivity contribution in [3.8, 4) is 10.8 Å². The van der Waals surface area contributed by atoms with Gasteiger partial charge in [-0.25, -0.2) is 4.98 Å². The number of nitrogens with one attached hydrogen (secondary N) is 2. The van der Waals surface area contributed by atoms with Crippen molar-refractivity contribution in [2.45, 2.75) is 13.3 Å². The third kappa shape index (κ3) is 3.69. The van der Waals surface area contributed by atoms with E-state index < -0.39 is 0 Å². The minimum absolute atomic E-state index is 0.0236. The largest absolute Gasteiger partial charge is 0.440 e. The molecule has 0 unspecified atom stereocenters. The molecule has 0 aliphatic rings. The summed E-state index contributed by atoms with van der Waals surface area (Å²) >= 11 is 1.51. The number of benzene rings is 1. The lowest BCUT2D eigenvalue weighted by molar-refractivity contribution is -0.121. The molecule has 122 valence electrons. The molecule has 2 amide bonds. The second-order valence-electron chi connectivity index (χ2n) is 5.04. The molecule has 2 aromatic heterocycles.